The minimum atomic E-state index is -0.178. The van der Waals surface area contributed by atoms with Crippen molar-refractivity contribution in [1.29, 1.82) is 0 Å². The van der Waals surface area contributed by atoms with Crippen LogP contribution >= 0.6 is 0 Å². The molecular weight excluding hydrogens is 317 g/mol. The molecule has 0 spiro atoms. The molecule has 25 heavy (non-hydrogen) atoms. The van der Waals surface area contributed by atoms with Crippen LogP contribution in [0.15, 0.2) is 30.3 Å². The third-order valence-electron chi connectivity index (χ3n) is 3.69. The third kappa shape index (κ3) is 8.05. The Bertz CT molecular complexity index is 587. The normalized spacial score (nSPS) is 11.7. The molecule has 0 saturated heterocycles. The number of carbonyl (C=O) groups excluding carboxylic acids is 1. The molecule has 0 aliphatic carbocycles. The van der Waals surface area contributed by atoms with Crippen molar-refractivity contribution in [1.82, 2.24) is 14.8 Å². The molecule has 0 atom stereocenters. The standard InChI is InChI=1S/C9H13N3O.C6H5F.C5H12/c1-2-4-7(13)9-10-8-5-3-6-12(8)11-9;7-6-4-2-1-3-5-6;1-3-5-4-2/h2-6H2,1H3;1-5H;3-5H2,1-2H3. The van der Waals surface area contributed by atoms with Crippen molar-refractivity contribution in [3.63, 3.8) is 0 Å². The van der Waals surface area contributed by atoms with E-state index in [4.69, 9.17) is 0 Å². The highest BCUT2D eigenvalue weighted by atomic mass is 19.1. The van der Waals surface area contributed by atoms with Gasteiger partial charge in [-0.1, -0.05) is 58.2 Å². The van der Waals surface area contributed by atoms with Crippen LogP contribution in [0.1, 0.15) is 75.7 Å². The molecule has 0 amide bonds. The van der Waals surface area contributed by atoms with Crippen LogP contribution in [-0.2, 0) is 13.0 Å². The molecule has 0 unspecified atom stereocenters. The number of aryl methyl sites for hydroxylation is 2. The molecule has 2 heterocycles. The third-order valence-corrected chi connectivity index (χ3v) is 3.69. The van der Waals surface area contributed by atoms with Crippen molar-refractivity contribution in [2.75, 3.05) is 0 Å². The Morgan fingerprint density at radius 2 is 1.80 bits per heavy atom. The van der Waals surface area contributed by atoms with Crippen LogP contribution in [0.4, 0.5) is 4.39 Å². The van der Waals surface area contributed by atoms with Gasteiger partial charge in [-0.25, -0.2) is 14.1 Å². The van der Waals surface area contributed by atoms with E-state index in [-0.39, 0.29) is 11.6 Å². The number of ketones is 1. The van der Waals surface area contributed by atoms with E-state index in [0.29, 0.717) is 12.2 Å². The van der Waals surface area contributed by atoms with Gasteiger partial charge in [0.2, 0.25) is 11.6 Å². The molecule has 0 fully saturated rings. The van der Waals surface area contributed by atoms with Crippen molar-refractivity contribution in [3.05, 3.63) is 47.8 Å². The maximum absolute atomic E-state index is 11.9. The fourth-order valence-electron chi connectivity index (χ4n) is 2.35. The van der Waals surface area contributed by atoms with E-state index < -0.39 is 0 Å². The first kappa shape index (κ1) is 21.0. The molecule has 1 aliphatic rings. The molecule has 0 N–H and O–H groups in total. The van der Waals surface area contributed by atoms with Crippen molar-refractivity contribution in [3.8, 4) is 0 Å². The number of halogens is 1. The number of carbonyl (C=O) groups is 1. The summed E-state index contributed by atoms with van der Waals surface area (Å²) in [7, 11) is 0. The minimum Gasteiger partial charge on any atom is -0.291 e. The molecule has 0 saturated carbocycles. The first-order valence-corrected chi connectivity index (χ1v) is 9.29. The van der Waals surface area contributed by atoms with E-state index in [1.165, 1.54) is 31.4 Å². The van der Waals surface area contributed by atoms with Crippen molar-refractivity contribution >= 4 is 5.78 Å². The maximum atomic E-state index is 11.9. The number of aromatic nitrogens is 3. The monoisotopic (exact) mass is 347 g/mol. The van der Waals surface area contributed by atoms with Gasteiger partial charge in [0, 0.05) is 19.4 Å². The van der Waals surface area contributed by atoms with E-state index in [0.717, 1.165) is 31.6 Å². The van der Waals surface area contributed by atoms with Gasteiger partial charge in [-0.05, 0) is 25.0 Å². The van der Waals surface area contributed by atoms with Crippen molar-refractivity contribution in [2.45, 2.75) is 72.3 Å². The maximum Gasteiger partial charge on any atom is 0.217 e. The highest BCUT2D eigenvalue weighted by molar-refractivity contribution is 5.92. The summed E-state index contributed by atoms with van der Waals surface area (Å²) in [6, 6.07) is 7.94. The van der Waals surface area contributed by atoms with Gasteiger partial charge >= 0.3 is 0 Å². The average Bonchev–Trinajstić information content (AvgIpc) is 3.19. The van der Waals surface area contributed by atoms with Crippen LogP contribution in [0.2, 0.25) is 0 Å². The lowest BCUT2D eigenvalue weighted by Gasteiger charge is -1.91. The van der Waals surface area contributed by atoms with Crippen LogP contribution < -0.4 is 0 Å². The molecule has 3 rings (SSSR count). The number of rotatable bonds is 5. The number of nitrogens with zero attached hydrogens (tertiary/aromatic N) is 3. The number of fused-ring (bicyclic) bond motifs is 1. The highest BCUT2D eigenvalue weighted by Crippen LogP contribution is 2.12. The lowest BCUT2D eigenvalue weighted by molar-refractivity contribution is 0.0971. The Hall–Kier alpha value is -2.04. The molecule has 0 radical (unpaired) electrons. The second-order valence-electron chi connectivity index (χ2n) is 6.00. The Morgan fingerprint density at radius 3 is 2.24 bits per heavy atom. The predicted molar refractivity (Wildman–Crippen MR) is 99.2 cm³/mol. The first-order chi connectivity index (χ1) is 12.1. The fraction of sp³-hybridized carbons (Fsp3) is 0.550. The summed E-state index contributed by atoms with van der Waals surface area (Å²) in [4.78, 5) is 15.6. The lowest BCUT2D eigenvalue weighted by Crippen LogP contribution is -2.03. The summed E-state index contributed by atoms with van der Waals surface area (Å²) in [6.45, 7) is 7.33. The predicted octanol–water partition coefficient (Wildman–Crippen LogP) is 5.23. The van der Waals surface area contributed by atoms with E-state index in [1.807, 2.05) is 11.6 Å². The zero-order valence-corrected chi connectivity index (χ0v) is 15.7. The van der Waals surface area contributed by atoms with Gasteiger partial charge in [0.05, 0.1) is 0 Å². The molecule has 138 valence electrons. The van der Waals surface area contributed by atoms with Crippen LogP contribution in [0.25, 0.3) is 0 Å². The average molecular weight is 347 g/mol. The zero-order valence-electron chi connectivity index (χ0n) is 15.7. The van der Waals surface area contributed by atoms with Crippen LogP contribution in [-0.4, -0.2) is 20.5 Å². The molecule has 0 bridgehead atoms. The number of unbranched alkanes of at least 4 members (excludes halogenated alkanes) is 2. The second-order valence-corrected chi connectivity index (χ2v) is 6.00. The second kappa shape index (κ2) is 12.3. The quantitative estimate of drug-likeness (QED) is 0.696. The molecule has 1 aromatic carbocycles. The Kier molecular flexibility index (Phi) is 10.4. The molecule has 4 nitrogen and oxygen atoms in total. The summed E-state index contributed by atoms with van der Waals surface area (Å²) in [5.41, 5.74) is 0. The summed E-state index contributed by atoms with van der Waals surface area (Å²) >= 11 is 0. The molecule has 1 aliphatic heterocycles. The smallest absolute Gasteiger partial charge is 0.217 e. The van der Waals surface area contributed by atoms with Gasteiger partial charge in [-0.3, -0.25) is 4.79 Å². The topological polar surface area (TPSA) is 47.8 Å². The zero-order chi connectivity index (χ0) is 18.5. The van der Waals surface area contributed by atoms with Crippen LogP contribution in [0.5, 0.6) is 0 Å². The van der Waals surface area contributed by atoms with E-state index in [9.17, 15) is 9.18 Å². The van der Waals surface area contributed by atoms with Gasteiger partial charge in [0.25, 0.3) is 0 Å². The van der Waals surface area contributed by atoms with Gasteiger partial charge in [0.15, 0.2) is 0 Å². The van der Waals surface area contributed by atoms with Gasteiger partial charge < -0.3 is 0 Å². The largest absolute Gasteiger partial charge is 0.291 e. The van der Waals surface area contributed by atoms with Crippen molar-refractivity contribution < 1.29 is 9.18 Å². The number of Topliss-reactive ketones (excluding diaryl/α,β-unsaturated/α-hetero) is 1. The molecular formula is C20H30FN3O. The van der Waals surface area contributed by atoms with E-state index in [2.05, 4.69) is 23.9 Å². The summed E-state index contributed by atoms with van der Waals surface area (Å²) in [6.07, 6.45) is 7.57. The lowest BCUT2D eigenvalue weighted by atomic mass is 10.2. The number of benzene rings is 1. The Balaban J connectivity index is 0.000000219. The molecule has 2 aromatic rings. The van der Waals surface area contributed by atoms with Gasteiger partial charge in [0.1, 0.15) is 11.6 Å². The number of hydrogen-bond donors (Lipinski definition) is 0. The van der Waals surface area contributed by atoms with Crippen LogP contribution in [0, 0.1) is 5.82 Å². The minimum absolute atomic E-state index is 0.0735. The molecule has 5 heteroatoms. The highest BCUT2D eigenvalue weighted by Gasteiger charge is 2.18. The Labute approximate surface area is 150 Å². The van der Waals surface area contributed by atoms with E-state index >= 15 is 0 Å². The fourth-order valence-corrected chi connectivity index (χ4v) is 2.35. The van der Waals surface area contributed by atoms with Gasteiger partial charge in [-0.2, -0.15) is 0 Å². The SMILES string of the molecule is CCCC(=O)c1nc2n(n1)CCC2.CCCCC.Fc1ccccc1. The van der Waals surface area contributed by atoms with Gasteiger partial charge in [-0.15, -0.1) is 5.10 Å². The Morgan fingerprint density at radius 1 is 1.12 bits per heavy atom. The molecule has 1 aromatic heterocycles. The summed E-state index contributed by atoms with van der Waals surface area (Å²) < 4.78 is 13.8. The number of hydrogen-bond acceptors (Lipinski definition) is 3. The summed E-state index contributed by atoms with van der Waals surface area (Å²) in [5.74, 6) is 1.28. The van der Waals surface area contributed by atoms with Crippen LogP contribution in [0.3, 0.4) is 0 Å². The van der Waals surface area contributed by atoms with E-state index in [1.54, 1.807) is 18.2 Å². The first-order valence-electron chi connectivity index (χ1n) is 9.29. The van der Waals surface area contributed by atoms with Crippen molar-refractivity contribution in [2.24, 2.45) is 0 Å². The summed E-state index contributed by atoms with van der Waals surface area (Å²) in [5, 5.41) is 4.17.